The summed E-state index contributed by atoms with van der Waals surface area (Å²) in [4.78, 5) is 12.0. The molecule has 0 radical (unpaired) electrons. The van der Waals surface area contributed by atoms with E-state index in [0.717, 1.165) is 38.5 Å². The molecule has 116 valence electrons. The van der Waals surface area contributed by atoms with Gasteiger partial charge in [0.2, 0.25) is 0 Å². The van der Waals surface area contributed by atoms with E-state index in [-0.39, 0.29) is 5.91 Å². The molecule has 0 atom stereocenters. The molecule has 1 saturated carbocycles. The maximum Gasteiger partial charge on any atom is 0.273 e. The summed E-state index contributed by atoms with van der Waals surface area (Å²) in [6, 6.07) is 0.349. The number of amides is 1. The average molecular weight is 293 g/mol. The predicted molar refractivity (Wildman–Crippen MR) is 77.0 cm³/mol. The van der Waals surface area contributed by atoms with Gasteiger partial charge in [0.25, 0.3) is 5.91 Å². The van der Waals surface area contributed by atoms with Crippen molar-refractivity contribution in [1.29, 1.82) is 0 Å². The molecule has 1 aromatic rings. The molecule has 0 aromatic carbocycles. The van der Waals surface area contributed by atoms with E-state index in [2.05, 4.69) is 20.9 Å². The van der Waals surface area contributed by atoms with Gasteiger partial charge in [-0.05, 0) is 44.7 Å². The topological polar surface area (TPSA) is 81.1 Å². The molecule has 2 heterocycles. The van der Waals surface area contributed by atoms with E-state index in [1.807, 2.05) is 4.68 Å². The summed E-state index contributed by atoms with van der Waals surface area (Å²) in [5.41, 5.74) is 0.385. The van der Waals surface area contributed by atoms with E-state index in [0.29, 0.717) is 24.9 Å². The Morgan fingerprint density at radius 1 is 1.38 bits per heavy atom. The van der Waals surface area contributed by atoms with Crippen LogP contribution < -0.4 is 10.6 Å². The van der Waals surface area contributed by atoms with Crippen LogP contribution in [0.1, 0.15) is 42.2 Å². The van der Waals surface area contributed by atoms with E-state index < -0.39 is 0 Å². The zero-order valence-corrected chi connectivity index (χ0v) is 12.3. The number of carbonyl (C=O) groups is 1. The second-order valence-electron chi connectivity index (χ2n) is 5.84. The summed E-state index contributed by atoms with van der Waals surface area (Å²) in [7, 11) is 0. The SMILES string of the molecule is O=C(NCCOCC1CC1)c1cn(C2CCNCC2)nn1. The highest BCUT2D eigenvalue weighted by Crippen LogP contribution is 2.28. The average Bonchev–Trinajstić information content (AvgIpc) is 3.21. The summed E-state index contributed by atoms with van der Waals surface area (Å²) in [5, 5.41) is 14.2. The molecule has 1 amide bonds. The minimum atomic E-state index is -0.176. The van der Waals surface area contributed by atoms with Crippen molar-refractivity contribution in [1.82, 2.24) is 25.6 Å². The van der Waals surface area contributed by atoms with Crippen molar-refractivity contribution in [3.63, 3.8) is 0 Å². The van der Waals surface area contributed by atoms with Crippen molar-refractivity contribution in [3.8, 4) is 0 Å². The van der Waals surface area contributed by atoms with Crippen LogP contribution >= 0.6 is 0 Å². The van der Waals surface area contributed by atoms with Crippen molar-refractivity contribution >= 4 is 5.91 Å². The Labute approximate surface area is 124 Å². The van der Waals surface area contributed by atoms with Crippen LogP contribution in [0.4, 0.5) is 0 Å². The molecule has 3 rings (SSSR count). The van der Waals surface area contributed by atoms with E-state index in [4.69, 9.17) is 4.74 Å². The van der Waals surface area contributed by atoms with Gasteiger partial charge in [0.15, 0.2) is 5.69 Å². The zero-order valence-electron chi connectivity index (χ0n) is 12.3. The van der Waals surface area contributed by atoms with Crippen LogP contribution in [0.2, 0.25) is 0 Å². The van der Waals surface area contributed by atoms with Crippen LogP contribution in [-0.2, 0) is 4.74 Å². The van der Waals surface area contributed by atoms with Crippen LogP contribution in [0, 0.1) is 5.92 Å². The van der Waals surface area contributed by atoms with Crippen molar-refractivity contribution in [2.45, 2.75) is 31.7 Å². The Kier molecular flexibility index (Phi) is 4.82. The largest absolute Gasteiger partial charge is 0.379 e. The van der Waals surface area contributed by atoms with Crippen LogP contribution in [0.25, 0.3) is 0 Å². The predicted octanol–water partition coefficient (Wildman–Crippen LogP) is 0.359. The third kappa shape index (κ3) is 4.25. The molecule has 7 nitrogen and oxygen atoms in total. The second kappa shape index (κ2) is 7.00. The standard InChI is InChI=1S/C14H23N5O2/c20-14(16-7-8-21-10-11-1-2-11)13-9-19(18-17-13)12-3-5-15-6-4-12/h9,11-12,15H,1-8,10H2,(H,16,20). The number of piperidine rings is 1. The fraction of sp³-hybridized carbons (Fsp3) is 0.786. The Morgan fingerprint density at radius 3 is 2.95 bits per heavy atom. The molecule has 0 spiro atoms. The molecule has 1 saturated heterocycles. The first-order valence-corrected chi connectivity index (χ1v) is 7.81. The first kappa shape index (κ1) is 14.5. The van der Waals surface area contributed by atoms with Gasteiger partial charge < -0.3 is 15.4 Å². The third-order valence-electron chi connectivity index (χ3n) is 4.01. The zero-order chi connectivity index (χ0) is 14.5. The first-order valence-electron chi connectivity index (χ1n) is 7.81. The minimum absolute atomic E-state index is 0.176. The number of ether oxygens (including phenoxy) is 1. The van der Waals surface area contributed by atoms with Crippen LogP contribution in [0.15, 0.2) is 6.20 Å². The number of hydrogen-bond acceptors (Lipinski definition) is 5. The van der Waals surface area contributed by atoms with Crippen LogP contribution in [0.5, 0.6) is 0 Å². The highest BCUT2D eigenvalue weighted by atomic mass is 16.5. The Bertz CT molecular complexity index is 466. The maximum absolute atomic E-state index is 12.0. The maximum atomic E-state index is 12.0. The number of hydrogen-bond donors (Lipinski definition) is 2. The lowest BCUT2D eigenvalue weighted by atomic mass is 10.1. The highest BCUT2D eigenvalue weighted by Gasteiger charge is 2.21. The minimum Gasteiger partial charge on any atom is -0.379 e. The third-order valence-corrected chi connectivity index (χ3v) is 4.01. The van der Waals surface area contributed by atoms with Crippen molar-refractivity contribution in [3.05, 3.63) is 11.9 Å². The van der Waals surface area contributed by atoms with Gasteiger partial charge in [-0.15, -0.1) is 5.10 Å². The molecular formula is C14H23N5O2. The number of nitrogens with one attached hydrogen (secondary N) is 2. The number of carbonyl (C=O) groups excluding carboxylic acids is 1. The molecule has 1 aromatic heterocycles. The van der Waals surface area contributed by atoms with E-state index in [1.54, 1.807) is 6.20 Å². The van der Waals surface area contributed by atoms with Gasteiger partial charge in [0, 0.05) is 13.2 Å². The first-order chi connectivity index (χ1) is 10.3. The lowest BCUT2D eigenvalue weighted by Gasteiger charge is -2.22. The number of rotatable bonds is 7. The summed E-state index contributed by atoms with van der Waals surface area (Å²) >= 11 is 0. The van der Waals surface area contributed by atoms with Crippen LogP contribution in [-0.4, -0.2) is 53.7 Å². The fourth-order valence-electron chi connectivity index (χ4n) is 2.49. The van der Waals surface area contributed by atoms with Gasteiger partial charge in [-0.2, -0.15) is 0 Å². The summed E-state index contributed by atoms with van der Waals surface area (Å²) in [6.45, 7) is 3.88. The quantitative estimate of drug-likeness (QED) is 0.709. The van der Waals surface area contributed by atoms with E-state index in [9.17, 15) is 4.79 Å². The lowest BCUT2D eigenvalue weighted by Crippen LogP contribution is -2.29. The molecule has 7 heteroatoms. The smallest absolute Gasteiger partial charge is 0.273 e. The van der Waals surface area contributed by atoms with Crippen LogP contribution in [0.3, 0.4) is 0 Å². The second-order valence-corrected chi connectivity index (χ2v) is 5.84. The van der Waals surface area contributed by atoms with Gasteiger partial charge in [0.05, 0.1) is 18.8 Å². The van der Waals surface area contributed by atoms with Gasteiger partial charge in [-0.25, -0.2) is 4.68 Å². The molecular weight excluding hydrogens is 270 g/mol. The van der Waals surface area contributed by atoms with Crippen molar-refractivity contribution in [2.75, 3.05) is 32.8 Å². The van der Waals surface area contributed by atoms with E-state index in [1.165, 1.54) is 12.8 Å². The van der Waals surface area contributed by atoms with Crippen molar-refractivity contribution in [2.24, 2.45) is 5.92 Å². The monoisotopic (exact) mass is 293 g/mol. The van der Waals surface area contributed by atoms with Gasteiger partial charge in [-0.1, -0.05) is 5.21 Å². The van der Waals surface area contributed by atoms with Gasteiger partial charge in [0.1, 0.15) is 0 Å². The Hall–Kier alpha value is -1.47. The fourth-order valence-corrected chi connectivity index (χ4v) is 2.49. The van der Waals surface area contributed by atoms with Gasteiger partial charge >= 0.3 is 0 Å². The number of aromatic nitrogens is 3. The molecule has 1 aliphatic heterocycles. The molecule has 1 aliphatic carbocycles. The number of nitrogens with zero attached hydrogens (tertiary/aromatic N) is 3. The summed E-state index contributed by atoms with van der Waals surface area (Å²) < 4.78 is 7.30. The molecule has 2 N–H and O–H groups in total. The Balaban J connectivity index is 1.40. The molecule has 2 fully saturated rings. The van der Waals surface area contributed by atoms with Crippen molar-refractivity contribution < 1.29 is 9.53 Å². The summed E-state index contributed by atoms with van der Waals surface area (Å²) in [6.07, 6.45) is 6.37. The molecule has 0 unspecified atom stereocenters. The lowest BCUT2D eigenvalue weighted by molar-refractivity contribution is 0.0902. The highest BCUT2D eigenvalue weighted by molar-refractivity contribution is 5.91. The molecule has 0 bridgehead atoms. The van der Waals surface area contributed by atoms with E-state index >= 15 is 0 Å². The Morgan fingerprint density at radius 2 is 2.19 bits per heavy atom. The molecule has 21 heavy (non-hydrogen) atoms. The molecule has 2 aliphatic rings. The normalized spacial score (nSPS) is 19.6. The summed E-state index contributed by atoms with van der Waals surface area (Å²) in [5.74, 6) is 0.579. The van der Waals surface area contributed by atoms with Gasteiger partial charge in [-0.3, -0.25) is 4.79 Å².